The van der Waals surface area contributed by atoms with Gasteiger partial charge in [-0.25, -0.2) is 4.79 Å². The standard InChI is InChI=1S/C22H26O4/c23-14-15-12-17-8-4-5-10-22(20(17)24)11-9-19(18(22)13-15)26-21(25)16-6-2-1-3-7-16/h1-3,6-7,12,17-19,23H,4-5,8-11,13-14H2/t17-,18-,19+,22+/m1/s1. The smallest absolute Gasteiger partial charge is 0.338 e. The summed E-state index contributed by atoms with van der Waals surface area (Å²) in [5.74, 6) is -0.0804. The highest BCUT2D eigenvalue weighted by molar-refractivity contribution is 5.91. The van der Waals surface area contributed by atoms with Crippen LogP contribution in [0.15, 0.2) is 42.0 Å². The molecule has 4 nitrogen and oxygen atoms in total. The zero-order valence-electron chi connectivity index (χ0n) is 15.0. The van der Waals surface area contributed by atoms with E-state index in [1.807, 2.05) is 24.3 Å². The van der Waals surface area contributed by atoms with E-state index in [4.69, 9.17) is 4.74 Å². The van der Waals surface area contributed by atoms with Gasteiger partial charge in [-0.3, -0.25) is 4.79 Å². The number of benzene rings is 1. The van der Waals surface area contributed by atoms with Crippen molar-refractivity contribution in [1.29, 1.82) is 0 Å². The maximum absolute atomic E-state index is 13.3. The van der Waals surface area contributed by atoms with E-state index >= 15 is 0 Å². The zero-order chi connectivity index (χ0) is 18.1. The molecule has 0 aliphatic heterocycles. The van der Waals surface area contributed by atoms with Crippen molar-refractivity contribution in [1.82, 2.24) is 0 Å². The minimum atomic E-state index is -0.379. The summed E-state index contributed by atoms with van der Waals surface area (Å²) in [4.78, 5) is 25.9. The summed E-state index contributed by atoms with van der Waals surface area (Å²) >= 11 is 0. The summed E-state index contributed by atoms with van der Waals surface area (Å²) in [6.45, 7) is -0.0181. The Bertz CT molecular complexity index is 723. The normalized spacial score (nSPS) is 33.7. The van der Waals surface area contributed by atoms with Crippen LogP contribution in [-0.4, -0.2) is 29.6 Å². The summed E-state index contributed by atoms with van der Waals surface area (Å²) < 4.78 is 5.89. The van der Waals surface area contributed by atoms with Crippen LogP contribution in [-0.2, 0) is 9.53 Å². The van der Waals surface area contributed by atoms with E-state index in [0.717, 1.165) is 44.1 Å². The number of allylic oxidation sites excluding steroid dienone is 1. The lowest BCUT2D eigenvalue weighted by atomic mass is 9.68. The number of fused-ring (bicyclic) bond motifs is 1. The van der Waals surface area contributed by atoms with Crippen LogP contribution in [0, 0.1) is 17.3 Å². The van der Waals surface area contributed by atoms with Crippen LogP contribution in [0.5, 0.6) is 0 Å². The molecule has 138 valence electrons. The van der Waals surface area contributed by atoms with E-state index in [0.29, 0.717) is 17.8 Å². The van der Waals surface area contributed by atoms with Gasteiger partial charge in [0.1, 0.15) is 11.9 Å². The van der Waals surface area contributed by atoms with Gasteiger partial charge in [0.05, 0.1) is 12.2 Å². The Kier molecular flexibility index (Phi) is 4.70. The number of ketones is 1. The third kappa shape index (κ3) is 2.90. The number of Topliss-reactive ketones (excluding diaryl/α,β-unsaturated/α-hetero) is 1. The van der Waals surface area contributed by atoms with Crippen molar-refractivity contribution in [3.05, 3.63) is 47.5 Å². The number of hydrogen-bond donors (Lipinski definition) is 1. The second-order valence-corrected chi connectivity index (χ2v) is 8.01. The highest BCUT2D eigenvalue weighted by Gasteiger charge is 2.56. The topological polar surface area (TPSA) is 63.6 Å². The second kappa shape index (κ2) is 6.99. The van der Waals surface area contributed by atoms with Crippen LogP contribution in [0.25, 0.3) is 0 Å². The average Bonchev–Trinajstić information content (AvgIpc) is 2.87. The molecular formula is C22H26O4. The van der Waals surface area contributed by atoms with Gasteiger partial charge in [-0.05, 0) is 49.8 Å². The number of aliphatic hydroxyl groups excluding tert-OH is 1. The van der Waals surface area contributed by atoms with Crippen LogP contribution >= 0.6 is 0 Å². The third-order valence-electron chi connectivity index (χ3n) is 6.64. The first-order chi connectivity index (χ1) is 12.6. The predicted molar refractivity (Wildman–Crippen MR) is 97.6 cm³/mol. The van der Waals surface area contributed by atoms with E-state index < -0.39 is 0 Å². The Labute approximate surface area is 154 Å². The lowest BCUT2D eigenvalue weighted by molar-refractivity contribution is -0.134. The maximum Gasteiger partial charge on any atom is 0.338 e. The molecule has 26 heavy (non-hydrogen) atoms. The molecule has 4 atom stereocenters. The van der Waals surface area contributed by atoms with Crippen molar-refractivity contribution in [2.24, 2.45) is 17.3 Å². The molecule has 1 N–H and O–H groups in total. The van der Waals surface area contributed by atoms with Crippen molar-refractivity contribution in [3.63, 3.8) is 0 Å². The molecule has 0 saturated heterocycles. The van der Waals surface area contributed by atoms with Crippen LogP contribution in [0.1, 0.15) is 55.3 Å². The number of ether oxygens (including phenoxy) is 1. The van der Waals surface area contributed by atoms with Gasteiger partial charge in [0, 0.05) is 17.3 Å². The van der Waals surface area contributed by atoms with Crippen LogP contribution < -0.4 is 0 Å². The molecule has 4 rings (SSSR count). The first-order valence-electron chi connectivity index (χ1n) is 9.75. The second-order valence-electron chi connectivity index (χ2n) is 8.01. The molecule has 1 spiro atoms. The summed E-state index contributed by atoms with van der Waals surface area (Å²) in [6.07, 6.45) is 7.82. The number of esters is 1. The summed E-state index contributed by atoms with van der Waals surface area (Å²) in [5, 5.41) is 9.77. The van der Waals surface area contributed by atoms with Crippen molar-refractivity contribution in [2.45, 2.75) is 51.0 Å². The van der Waals surface area contributed by atoms with Crippen LogP contribution in [0.4, 0.5) is 0 Å². The lowest BCUT2D eigenvalue weighted by Crippen LogP contribution is -2.40. The number of hydrogen-bond acceptors (Lipinski definition) is 4. The van der Waals surface area contributed by atoms with Gasteiger partial charge in [0.15, 0.2) is 0 Å². The Hall–Kier alpha value is -1.94. The highest BCUT2D eigenvalue weighted by Crippen LogP contribution is 2.56. The number of aliphatic hydroxyl groups is 1. The molecular weight excluding hydrogens is 328 g/mol. The molecule has 3 aliphatic rings. The van der Waals surface area contributed by atoms with Gasteiger partial charge in [-0.15, -0.1) is 0 Å². The molecule has 4 heteroatoms. The Morgan fingerprint density at radius 3 is 2.73 bits per heavy atom. The van der Waals surface area contributed by atoms with E-state index in [9.17, 15) is 14.7 Å². The molecule has 2 saturated carbocycles. The number of carbonyl (C=O) groups is 2. The van der Waals surface area contributed by atoms with Gasteiger partial charge in [-0.2, -0.15) is 0 Å². The van der Waals surface area contributed by atoms with Gasteiger partial charge in [0.2, 0.25) is 0 Å². The fraction of sp³-hybridized carbons (Fsp3) is 0.545. The monoisotopic (exact) mass is 354 g/mol. The third-order valence-corrected chi connectivity index (χ3v) is 6.64. The molecule has 1 aromatic carbocycles. The minimum Gasteiger partial charge on any atom is -0.458 e. The largest absolute Gasteiger partial charge is 0.458 e. The van der Waals surface area contributed by atoms with Gasteiger partial charge in [-0.1, -0.05) is 37.1 Å². The molecule has 0 unspecified atom stereocenters. The predicted octanol–water partition coefficient (Wildman–Crippen LogP) is 3.69. The fourth-order valence-electron chi connectivity index (χ4n) is 5.35. The molecule has 2 bridgehead atoms. The van der Waals surface area contributed by atoms with Crippen LogP contribution in [0.2, 0.25) is 0 Å². The molecule has 2 fully saturated rings. The fourth-order valence-corrected chi connectivity index (χ4v) is 5.35. The molecule has 0 aromatic heterocycles. The molecule has 0 radical (unpaired) electrons. The molecule has 0 heterocycles. The summed E-state index contributed by atoms with van der Waals surface area (Å²) in [5.41, 5.74) is 1.10. The lowest BCUT2D eigenvalue weighted by Gasteiger charge is -2.35. The van der Waals surface area contributed by atoms with Gasteiger partial charge >= 0.3 is 5.97 Å². The van der Waals surface area contributed by atoms with Crippen molar-refractivity contribution in [3.8, 4) is 0 Å². The average molecular weight is 354 g/mol. The van der Waals surface area contributed by atoms with Gasteiger partial charge < -0.3 is 9.84 Å². The number of rotatable bonds is 3. The Morgan fingerprint density at radius 2 is 1.96 bits per heavy atom. The van der Waals surface area contributed by atoms with Crippen molar-refractivity contribution in [2.75, 3.05) is 6.61 Å². The van der Waals surface area contributed by atoms with E-state index in [-0.39, 0.29) is 35.9 Å². The summed E-state index contributed by atoms with van der Waals surface area (Å²) in [7, 11) is 0. The zero-order valence-corrected chi connectivity index (χ0v) is 15.0. The van der Waals surface area contributed by atoms with Crippen LogP contribution in [0.3, 0.4) is 0 Å². The van der Waals surface area contributed by atoms with Gasteiger partial charge in [0.25, 0.3) is 0 Å². The quantitative estimate of drug-likeness (QED) is 0.664. The molecule has 0 amide bonds. The van der Waals surface area contributed by atoms with E-state index in [1.54, 1.807) is 12.1 Å². The first-order valence-corrected chi connectivity index (χ1v) is 9.75. The summed E-state index contributed by atoms with van der Waals surface area (Å²) in [6, 6.07) is 9.03. The van der Waals surface area contributed by atoms with E-state index in [1.165, 1.54) is 0 Å². The molecule has 1 aromatic rings. The highest BCUT2D eigenvalue weighted by atomic mass is 16.5. The molecule has 3 aliphatic carbocycles. The van der Waals surface area contributed by atoms with E-state index in [2.05, 4.69) is 0 Å². The minimum absolute atomic E-state index is 0.0100. The Balaban J connectivity index is 1.63. The number of carbonyl (C=O) groups excluding carboxylic acids is 2. The van der Waals surface area contributed by atoms with Crippen molar-refractivity contribution < 1.29 is 19.4 Å². The Morgan fingerprint density at radius 1 is 1.15 bits per heavy atom. The maximum atomic E-state index is 13.3. The SMILES string of the molecule is O=C(O[C@H]1CC[C@@]23CCCC[C@H](C=C(CO)C[C@H]12)C3=O)c1ccccc1. The first kappa shape index (κ1) is 17.5. The van der Waals surface area contributed by atoms with Crippen molar-refractivity contribution >= 4 is 11.8 Å².